The molecule has 0 N–H and O–H groups in total. The van der Waals surface area contributed by atoms with Crippen LogP contribution < -0.4 is 0 Å². The van der Waals surface area contributed by atoms with Crippen LogP contribution in [0.25, 0.3) is 0 Å². The monoisotopic (exact) mass is 220 g/mol. The van der Waals surface area contributed by atoms with Crippen LogP contribution in [-0.2, 0) is 0 Å². The van der Waals surface area contributed by atoms with E-state index in [1.807, 2.05) is 0 Å². The molecule has 0 amide bonds. The van der Waals surface area contributed by atoms with Crippen molar-refractivity contribution >= 4 is 162 Å². The molecule has 0 aromatic heterocycles. The van der Waals surface area contributed by atoms with Gasteiger partial charge >= 0.3 is 132 Å². The summed E-state index contributed by atoms with van der Waals surface area (Å²) < 4.78 is 0. The van der Waals surface area contributed by atoms with Crippen molar-refractivity contribution in [2.45, 2.75) is 0 Å². The number of hydrogen-bond acceptors (Lipinski definition) is 0. The average Bonchev–Trinajstić information content (AvgIpc) is 0. The summed E-state index contributed by atoms with van der Waals surface area (Å²) in [5.74, 6) is 0. The molecule has 0 unspecified atom stereocenters. The maximum absolute atomic E-state index is 0. The fourth-order valence-corrected chi connectivity index (χ4v) is 0. The Hall–Kier alpha value is 5.04. The van der Waals surface area contributed by atoms with E-state index in [0.717, 1.165) is 0 Å². The van der Waals surface area contributed by atoms with E-state index in [4.69, 9.17) is 0 Å². The van der Waals surface area contributed by atoms with E-state index in [0.29, 0.717) is 0 Å². The predicted molar refractivity (Wildman–Crippen MR) is 39.0 cm³/mol. The van der Waals surface area contributed by atoms with Crippen LogP contribution in [0.5, 0.6) is 0 Å². The minimum absolute atomic E-state index is 0. The first-order chi connectivity index (χ1) is 0. The molecule has 0 nitrogen and oxygen atoms in total. The van der Waals surface area contributed by atoms with E-state index in [1.54, 1.807) is 0 Å². The van der Waals surface area contributed by atoms with Crippen LogP contribution in [0, 0.1) is 0 Å². The van der Waals surface area contributed by atoms with Crippen molar-refractivity contribution in [2.24, 2.45) is 0 Å². The molecule has 0 fully saturated rings. The first kappa shape index (κ1) is 32.3. The molecule has 0 saturated carbocycles. The van der Waals surface area contributed by atoms with Crippen molar-refractivity contribution in [3.8, 4) is 0 Å². The number of hydrogen-bond donors (Lipinski definition) is 0. The van der Waals surface area contributed by atoms with Crippen LogP contribution >= 0.6 is 29.4 Å². The Kier molecular flexibility index (Phi) is 149. The fourth-order valence-electron chi connectivity index (χ4n) is 0. The molecular weight excluding hydrogens is 217 g/mol. The van der Waals surface area contributed by atoms with E-state index < -0.39 is 0 Å². The summed E-state index contributed by atoms with van der Waals surface area (Å²) in [5, 5.41) is 0. The molecule has 5 heavy (non-hydrogen) atoms. The predicted octanol–water partition coefficient (Wildman–Crippen LogP) is -0.946. The van der Waals surface area contributed by atoms with Crippen molar-refractivity contribution in [3.63, 3.8) is 0 Å². The maximum atomic E-state index is 0. The number of rotatable bonds is 0. The summed E-state index contributed by atoms with van der Waals surface area (Å²) >= 11 is 0. The second-order valence-corrected chi connectivity index (χ2v) is 0. The minimum atomic E-state index is 0. The van der Waals surface area contributed by atoms with Crippen molar-refractivity contribution < 1.29 is 0 Å². The summed E-state index contributed by atoms with van der Waals surface area (Å²) in [4.78, 5) is 0. The summed E-state index contributed by atoms with van der Waals surface area (Å²) in [6.07, 6.45) is 0. The molecule has 0 atom stereocenters. The molecule has 0 aliphatic rings. The molecular formula is H5BrClK2Na. The van der Waals surface area contributed by atoms with Crippen LogP contribution in [0.1, 0.15) is 0 Å². The molecule has 0 radical (unpaired) electrons. The molecule has 0 aliphatic heterocycles. The summed E-state index contributed by atoms with van der Waals surface area (Å²) in [6, 6.07) is 0. The standard InChI is InChI=1S/BrH.ClH.2K.Na.3H/h2*1H;;;;;;. The van der Waals surface area contributed by atoms with Crippen LogP contribution in [0.4, 0.5) is 0 Å². The van der Waals surface area contributed by atoms with Gasteiger partial charge in [0.1, 0.15) is 0 Å². The quantitative estimate of drug-likeness (QED) is 0.463. The van der Waals surface area contributed by atoms with Crippen molar-refractivity contribution in [3.05, 3.63) is 0 Å². The molecule has 0 bridgehead atoms. The Morgan fingerprint density at radius 1 is 0.800 bits per heavy atom. The Labute approximate surface area is 156 Å². The molecule has 0 saturated heterocycles. The topological polar surface area (TPSA) is 0 Å². The molecule has 5 heteroatoms. The molecule has 22 valence electrons. The normalized spacial score (nSPS) is 0. The van der Waals surface area contributed by atoms with E-state index >= 15 is 0 Å². The molecule has 0 rings (SSSR count). The van der Waals surface area contributed by atoms with Crippen LogP contribution in [0.3, 0.4) is 0 Å². The molecule has 0 heterocycles. The van der Waals surface area contributed by atoms with Gasteiger partial charge in [-0.15, -0.1) is 29.4 Å². The van der Waals surface area contributed by atoms with Gasteiger partial charge in [0.15, 0.2) is 0 Å². The third-order valence-corrected chi connectivity index (χ3v) is 0. The van der Waals surface area contributed by atoms with Gasteiger partial charge in [0, 0.05) is 0 Å². The van der Waals surface area contributed by atoms with Gasteiger partial charge in [-0.2, -0.15) is 0 Å². The third kappa shape index (κ3) is 17.6. The first-order valence-electron chi connectivity index (χ1n) is 0. The zero-order chi connectivity index (χ0) is 0. The van der Waals surface area contributed by atoms with Gasteiger partial charge in [-0.1, -0.05) is 0 Å². The summed E-state index contributed by atoms with van der Waals surface area (Å²) in [7, 11) is 0. The van der Waals surface area contributed by atoms with Gasteiger partial charge in [0.05, 0.1) is 0 Å². The summed E-state index contributed by atoms with van der Waals surface area (Å²) in [5.41, 5.74) is 0. The first-order valence-corrected chi connectivity index (χ1v) is 0. The zero-order valence-corrected chi connectivity index (χ0v) is 3.35. The SMILES string of the molecule is Br.Cl.[KH].[KH].[NaH]. The molecule has 0 aromatic rings. The van der Waals surface area contributed by atoms with Crippen LogP contribution in [0.15, 0.2) is 0 Å². The Morgan fingerprint density at radius 2 is 0.800 bits per heavy atom. The second kappa shape index (κ2) is 23.0. The van der Waals surface area contributed by atoms with Gasteiger partial charge < -0.3 is 0 Å². The van der Waals surface area contributed by atoms with E-state index in [9.17, 15) is 0 Å². The van der Waals surface area contributed by atoms with Gasteiger partial charge in [-0.3, -0.25) is 0 Å². The van der Waals surface area contributed by atoms with Crippen molar-refractivity contribution in [1.82, 2.24) is 0 Å². The molecule has 0 aromatic carbocycles. The molecule has 0 aliphatic carbocycles. The summed E-state index contributed by atoms with van der Waals surface area (Å²) in [6.45, 7) is 0. The van der Waals surface area contributed by atoms with Gasteiger partial charge in [-0.05, 0) is 0 Å². The van der Waals surface area contributed by atoms with E-state index in [1.165, 1.54) is 0 Å². The zero-order valence-electron chi connectivity index (χ0n) is 0.816. The van der Waals surface area contributed by atoms with Gasteiger partial charge in [0.25, 0.3) is 0 Å². The van der Waals surface area contributed by atoms with Crippen LogP contribution in [-0.4, -0.2) is 132 Å². The fraction of sp³-hybridized carbons (Fsp3) is 0. The Morgan fingerprint density at radius 3 is 0.800 bits per heavy atom. The third-order valence-electron chi connectivity index (χ3n) is 0. The Bertz CT molecular complexity index is 9.61. The Balaban J connectivity index is 0. The van der Waals surface area contributed by atoms with Gasteiger partial charge in [0.2, 0.25) is 0 Å². The molecule has 0 spiro atoms. The van der Waals surface area contributed by atoms with Crippen molar-refractivity contribution in [1.29, 1.82) is 0 Å². The second-order valence-electron chi connectivity index (χ2n) is 0. The van der Waals surface area contributed by atoms with E-state index in [-0.39, 0.29) is 162 Å². The van der Waals surface area contributed by atoms with Gasteiger partial charge in [-0.25, -0.2) is 0 Å². The average molecular weight is 222 g/mol. The number of halogens is 2. The van der Waals surface area contributed by atoms with Crippen LogP contribution in [0.2, 0.25) is 0 Å². The van der Waals surface area contributed by atoms with E-state index in [2.05, 4.69) is 0 Å². The van der Waals surface area contributed by atoms with Crippen molar-refractivity contribution in [2.75, 3.05) is 0 Å².